The Morgan fingerprint density at radius 3 is 2.71 bits per heavy atom. The predicted octanol–water partition coefficient (Wildman–Crippen LogP) is 3.87. The average molecular weight is 309 g/mol. The smallest absolute Gasteiger partial charge is 0.227 e. The number of hydrogen-bond acceptors (Lipinski definition) is 2. The molecule has 0 aliphatic carbocycles. The number of amides is 1. The lowest BCUT2D eigenvalue weighted by Gasteiger charge is -2.21. The van der Waals surface area contributed by atoms with Gasteiger partial charge < -0.3 is 10.6 Å². The third-order valence-corrected chi connectivity index (χ3v) is 4.47. The summed E-state index contributed by atoms with van der Waals surface area (Å²) in [5.41, 5.74) is 7.48. The molecule has 1 aromatic rings. The van der Waals surface area contributed by atoms with E-state index in [0.717, 1.165) is 48.5 Å². The SMILES string of the molecule is CC1(C)CN(C(=O)CCCCCCN)c2cccc(Cl)c21. The summed E-state index contributed by atoms with van der Waals surface area (Å²) in [6, 6.07) is 5.83. The Hall–Kier alpha value is -1.06. The van der Waals surface area contributed by atoms with Crippen molar-refractivity contribution in [3.63, 3.8) is 0 Å². The number of halogens is 1. The maximum absolute atomic E-state index is 12.5. The first-order valence-electron chi connectivity index (χ1n) is 7.77. The zero-order valence-electron chi connectivity index (χ0n) is 13.0. The summed E-state index contributed by atoms with van der Waals surface area (Å²) >= 11 is 6.34. The normalized spacial score (nSPS) is 16.1. The van der Waals surface area contributed by atoms with Gasteiger partial charge >= 0.3 is 0 Å². The van der Waals surface area contributed by atoms with Crippen LogP contribution >= 0.6 is 11.6 Å². The van der Waals surface area contributed by atoms with Crippen molar-refractivity contribution in [2.75, 3.05) is 18.0 Å². The van der Waals surface area contributed by atoms with E-state index >= 15 is 0 Å². The van der Waals surface area contributed by atoms with Crippen LogP contribution in [0.5, 0.6) is 0 Å². The van der Waals surface area contributed by atoms with Gasteiger partial charge in [0.25, 0.3) is 0 Å². The van der Waals surface area contributed by atoms with Gasteiger partial charge in [-0.2, -0.15) is 0 Å². The highest BCUT2D eigenvalue weighted by Crippen LogP contribution is 2.44. The maximum atomic E-state index is 12.5. The molecule has 1 aromatic carbocycles. The molecule has 0 unspecified atom stereocenters. The van der Waals surface area contributed by atoms with E-state index in [1.807, 2.05) is 23.1 Å². The fourth-order valence-electron chi connectivity index (χ4n) is 3.10. The standard InChI is InChI=1S/C17H25ClN2O/c1-17(2)12-20(14-9-7-8-13(18)16(14)17)15(21)10-5-3-4-6-11-19/h7-9H,3-6,10-12,19H2,1-2H3. The quantitative estimate of drug-likeness (QED) is 0.811. The molecule has 2 rings (SSSR count). The summed E-state index contributed by atoms with van der Waals surface area (Å²) in [6.07, 6.45) is 4.77. The molecule has 116 valence electrons. The van der Waals surface area contributed by atoms with Crippen molar-refractivity contribution >= 4 is 23.2 Å². The fraction of sp³-hybridized carbons (Fsp3) is 0.588. The van der Waals surface area contributed by atoms with Crippen LogP contribution in [0.1, 0.15) is 51.5 Å². The third-order valence-electron chi connectivity index (χ3n) is 4.16. The first kappa shape index (κ1) is 16.3. The molecule has 0 radical (unpaired) electrons. The molecule has 0 spiro atoms. The van der Waals surface area contributed by atoms with Gasteiger partial charge in [-0.3, -0.25) is 4.79 Å². The minimum Gasteiger partial charge on any atom is -0.330 e. The number of unbranched alkanes of at least 4 members (excludes halogenated alkanes) is 3. The van der Waals surface area contributed by atoms with Crippen LogP contribution in [0.15, 0.2) is 18.2 Å². The van der Waals surface area contributed by atoms with E-state index in [0.29, 0.717) is 13.0 Å². The number of fused-ring (bicyclic) bond motifs is 1. The largest absolute Gasteiger partial charge is 0.330 e. The van der Waals surface area contributed by atoms with Crippen LogP contribution in [-0.4, -0.2) is 19.0 Å². The number of anilines is 1. The van der Waals surface area contributed by atoms with E-state index in [9.17, 15) is 4.79 Å². The van der Waals surface area contributed by atoms with E-state index in [4.69, 9.17) is 17.3 Å². The minimum absolute atomic E-state index is 0.0805. The second-order valence-corrected chi connectivity index (χ2v) is 6.86. The summed E-state index contributed by atoms with van der Waals surface area (Å²) in [4.78, 5) is 14.4. The zero-order chi connectivity index (χ0) is 15.5. The zero-order valence-corrected chi connectivity index (χ0v) is 13.7. The average Bonchev–Trinajstić information content (AvgIpc) is 2.71. The van der Waals surface area contributed by atoms with Crippen LogP contribution in [0.25, 0.3) is 0 Å². The van der Waals surface area contributed by atoms with Crippen LogP contribution in [-0.2, 0) is 10.2 Å². The van der Waals surface area contributed by atoms with Crippen molar-refractivity contribution in [2.24, 2.45) is 5.73 Å². The molecule has 2 N–H and O–H groups in total. The number of carbonyl (C=O) groups is 1. The molecular weight excluding hydrogens is 284 g/mol. The number of carbonyl (C=O) groups excluding carboxylic acids is 1. The third kappa shape index (κ3) is 3.58. The summed E-state index contributed by atoms with van der Waals surface area (Å²) in [5.74, 6) is 0.205. The van der Waals surface area contributed by atoms with Gasteiger partial charge in [0.15, 0.2) is 0 Å². The Labute approximate surface area is 132 Å². The molecule has 0 saturated carbocycles. The van der Waals surface area contributed by atoms with E-state index in [-0.39, 0.29) is 11.3 Å². The highest BCUT2D eigenvalue weighted by Gasteiger charge is 2.39. The van der Waals surface area contributed by atoms with Gasteiger partial charge in [-0.05, 0) is 31.5 Å². The Balaban J connectivity index is 2.03. The lowest BCUT2D eigenvalue weighted by molar-refractivity contribution is -0.118. The van der Waals surface area contributed by atoms with Crippen LogP contribution in [0, 0.1) is 0 Å². The molecule has 0 fully saturated rings. The number of nitrogens with two attached hydrogens (primary N) is 1. The van der Waals surface area contributed by atoms with E-state index in [1.165, 1.54) is 0 Å². The molecule has 0 bridgehead atoms. The molecule has 21 heavy (non-hydrogen) atoms. The summed E-state index contributed by atoms with van der Waals surface area (Å²) in [7, 11) is 0. The van der Waals surface area contributed by atoms with Gasteiger partial charge in [-0.1, -0.05) is 44.4 Å². The summed E-state index contributed by atoms with van der Waals surface area (Å²) < 4.78 is 0. The van der Waals surface area contributed by atoms with Crippen molar-refractivity contribution in [3.8, 4) is 0 Å². The molecule has 0 saturated heterocycles. The van der Waals surface area contributed by atoms with Gasteiger partial charge in [-0.25, -0.2) is 0 Å². The van der Waals surface area contributed by atoms with E-state index in [1.54, 1.807) is 0 Å². The lowest BCUT2D eigenvalue weighted by Crippen LogP contribution is -2.33. The Morgan fingerprint density at radius 2 is 2.00 bits per heavy atom. The number of nitrogens with zero attached hydrogens (tertiary/aromatic N) is 1. The van der Waals surface area contributed by atoms with Crippen LogP contribution in [0.2, 0.25) is 5.02 Å². The molecule has 1 heterocycles. The lowest BCUT2D eigenvalue weighted by atomic mass is 9.87. The van der Waals surface area contributed by atoms with Crippen molar-refractivity contribution in [1.29, 1.82) is 0 Å². The molecule has 1 aliphatic rings. The number of rotatable bonds is 6. The molecule has 4 heteroatoms. The Bertz CT molecular complexity index is 514. The second kappa shape index (κ2) is 6.80. The van der Waals surface area contributed by atoms with Gasteiger partial charge in [0.1, 0.15) is 0 Å². The minimum atomic E-state index is -0.0805. The molecule has 1 aliphatic heterocycles. The van der Waals surface area contributed by atoms with Crippen molar-refractivity contribution in [2.45, 2.75) is 51.4 Å². The Kier molecular flexibility index (Phi) is 5.28. The number of benzene rings is 1. The monoisotopic (exact) mass is 308 g/mol. The molecule has 3 nitrogen and oxygen atoms in total. The van der Waals surface area contributed by atoms with E-state index in [2.05, 4.69) is 13.8 Å². The molecule has 1 amide bonds. The molecule has 0 aromatic heterocycles. The Morgan fingerprint density at radius 1 is 1.29 bits per heavy atom. The van der Waals surface area contributed by atoms with E-state index < -0.39 is 0 Å². The fourth-order valence-corrected chi connectivity index (χ4v) is 3.52. The second-order valence-electron chi connectivity index (χ2n) is 6.45. The van der Waals surface area contributed by atoms with Gasteiger partial charge in [0.05, 0.1) is 0 Å². The molecule has 0 atom stereocenters. The van der Waals surface area contributed by atoms with Gasteiger partial charge in [0, 0.05) is 34.7 Å². The summed E-state index contributed by atoms with van der Waals surface area (Å²) in [5, 5.41) is 0.760. The number of hydrogen-bond donors (Lipinski definition) is 1. The van der Waals surface area contributed by atoms with Crippen LogP contribution < -0.4 is 10.6 Å². The first-order valence-corrected chi connectivity index (χ1v) is 8.14. The first-order chi connectivity index (χ1) is 9.97. The van der Waals surface area contributed by atoms with Crippen LogP contribution in [0.3, 0.4) is 0 Å². The topological polar surface area (TPSA) is 46.3 Å². The summed E-state index contributed by atoms with van der Waals surface area (Å²) in [6.45, 7) is 5.74. The van der Waals surface area contributed by atoms with Crippen LogP contribution in [0.4, 0.5) is 5.69 Å². The van der Waals surface area contributed by atoms with Gasteiger partial charge in [-0.15, -0.1) is 0 Å². The molecular formula is C17H25ClN2O. The van der Waals surface area contributed by atoms with Crippen molar-refractivity contribution in [1.82, 2.24) is 0 Å². The maximum Gasteiger partial charge on any atom is 0.227 e. The predicted molar refractivity (Wildman–Crippen MR) is 89.0 cm³/mol. The van der Waals surface area contributed by atoms with Gasteiger partial charge in [0.2, 0.25) is 5.91 Å². The van der Waals surface area contributed by atoms with Crippen molar-refractivity contribution in [3.05, 3.63) is 28.8 Å². The highest BCUT2D eigenvalue weighted by molar-refractivity contribution is 6.32. The van der Waals surface area contributed by atoms with Crippen molar-refractivity contribution < 1.29 is 4.79 Å². The highest BCUT2D eigenvalue weighted by atomic mass is 35.5.